The maximum atomic E-state index is 11.6. The van der Waals surface area contributed by atoms with Crippen molar-refractivity contribution in [1.29, 1.82) is 0 Å². The Morgan fingerprint density at radius 1 is 1.50 bits per heavy atom. The molecule has 0 saturated heterocycles. The van der Waals surface area contributed by atoms with Gasteiger partial charge in [0.05, 0.1) is 0 Å². The van der Waals surface area contributed by atoms with E-state index in [9.17, 15) is 4.79 Å². The molecule has 1 atom stereocenters. The number of rotatable bonds is 3. The Labute approximate surface area is 96.8 Å². The first-order valence-electron chi connectivity index (χ1n) is 4.26. The number of amides is 1. The van der Waals surface area contributed by atoms with Gasteiger partial charge in [0.2, 0.25) is 0 Å². The second kappa shape index (κ2) is 5.37. The summed E-state index contributed by atoms with van der Waals surface area (Å²) in [7, 11) is 0. The molecule has 0 aliphatic rings. The minimum Gasteiger partial charge on any atom is -0.349 e. The van der Waals surface area contributed by atoms with E-state index in [0.29, 0.717) is 10.6 Å². The maximum Gasteiger partial charge on any atom is 0.251 e. The number of halogens is 2. The van der Waals surface area contributed by atoms with Crippen LogP contribution in [-0.2, 0) is 0 Å². The molecule has 4 heteroatoms. The molecule has 1 N–H and O–H groups in total. The topological polar surface area (TPSA) is 29.1 Å². The Hall–Kier alpha value is -0.540. The van der Waals surface area contributed by atoms with E-state index >= 15 is 0 Å². The van der Waals surface area contributed by atoms with Gasteiger partial charge in [0.25, 0.3) is 5.91 Å². The molecule has 0 bridgehead atoms. The summed E-state index contributed by atoms with van der Waals surface area (Å²) >= 11 is 9.00. The van der Waals surface area contributed by atoms with Crippen molar-refractivity contribution in [3.63, 3.8) is 0 Å². The van der Waals surface area contributed by atoms with Crippen molar-refractivity contribution < 1.29 is 4.79 Å². The van der Waals surface area contributed by atoms with E-state index in [-0.39, 0.29) is 11.9 Å². The lowest BCUT2D eigenvalue weighted by Gasteiger charge is -2.10. The number of alkyl halides is 1. The van der Waals surface area contributed by atoms with Crippen molar-refractivity contribution in [2.75, 3.05) is 5.33 Å². The van der Waals surface area contributed by atoms with Crippen LogP contribution in [0.15, 0.2) is 24.3 Å². The molecule has 0 fully saturated rings. The van der Waals surface area contributed by atoms with Gasteiger partial charge in [-0.2, -0.15) is 0 Å². The predicted molar refractivity (Wildman–Crippen MR) is 62.2 cm³/mol. The van der Waals surface area contributed by atoms with Gasteiger partial charge >= 0.3 is 0 Å². The van der Waals surface area contributed by atoms with Crippen LogP contribution in [-0.4, -0.2) is 17.3 Å². The van der Waals surface area contributed by atoms with Crippen LogP contribution in [0.25, 0.3) is 0 Å². The van der Waals surface area contributed by atoms with Crippen LogP contribution in [0, 0.1) is 0 Å². The highest BCUT2D eigenvalue weighted by molar-refractivity contribution is 9.09. The van der Waals surface area contributed by atoms with E-state index in [1.807, 2.05) is 6.92 Å². The normalized spacial score (nSPS) is 12.2. The Morgan fingerprint density at radius 2 is 2.07 bits per heavy atom. The van der Waals surface area contributed by atoms with Gasteiger partial charge in [-0.3, -0.25) is 4.79 Å². The maximum absolute atomic E-state index is 11.6. The summed E-state index contributed by atoms with van der Waals surface area (Å²) < 4.78 is 0. The second-order valence-corrected chi connectivity index (χ2v) is 4.12. The molecule has 1 amide bonds. The third-order valence-corrected chi connectivity index (χ3v) is 2.94. The molecule has 1 aromatic rings. The smallest absolute Gasteiger partial charge is 0.251 e. The molecule has 14 heavy (non-hydrogen) atoms. The summed E-state index contributed by atoms with van der Waals surface area (Å²) in [5, 5.41) is 4.21. The van der Waals surface area contributed by atoms with Gasteiger partial charge in [-0.15, -0.1) is 0 Å². The average Bonchev–Trinajstić information content (AvgIpc) is 2.18. The van der Waals surface area contributed by atoms with Crippen LogP contribution >= 0.6 is 27.5 Å². The first kappa shape index (κ1) is 11.5. The van der Waals surface area contributed by atoms with E-state index in [4.69, 9.17) is 11.6 Å². The summed E-state index contributed by atoms with van der Waals surface area (Å²) in [6, 6.07) is 6.94. The minimum atomic E-state index is -0.0754. The molecule has 1 unspecified atom stereocenters. The van der Waals surface area contributed by atoms with Crippen LogP contribution in [0.4, 0.5) is 0 Å². The number of carbonyl (C=O) groups is 1. The molecule has 2 nitrogen and oxygen atoms in total. The van der Waals surface area contributed by atoms with E-state index in [0.717, 1.165) is 5.33 Å². The zero-order valence-electron chi connectivity index (χ0n) is 7.76. The molecule has 1 aromatic carbocycles. The number of carbonyl (C=O) groups excluding carboxylic acids is 1. The van der Waals surface area contributed by atoms with Crippen LogP contribution < -0.4 is 5.32 Å². The van der Waals surface area contributed by atoms with E-state index in [2.05, 4.69) is 21.2 Å². The fourth-order valence-corrected chi connectivity index (χ4v) is 1.23. The number of hydrogen-bond acceptors (Lipinski definition) is 1. The largest absolute Gasteiger partial charge is 0.349 e. The minimum absolute atomic E-state index is 0.0754. The zero-order valence-corrected chi connectivity index (χ0v) is 10.1. The first-order chi connectivity index (χ1) is 6.63. The number of nitrogens with one attached hydrogen (secondary N) is 1. The van der Waals surface area contributed by atoms with E-state index in [1.165, 1.54) is 0 Å². The Bertz CT molecular complexity index is 312. The fraction of sp³-hybridized carbons (Fsp3) is 0.300. The van der Waals surface area contributed by atoms with Gasteiger partial charge in [0.1, 0.15) is 0 Å². The quantitative estimate of drug-likeness (QED) is 0.845. The van der Waals surface area contributed by atoms with Crippen molar-refractivity contribution in [2.24, 2.45) is 0 Å². The molecule has 0 saturated carbocycles. The summed E-state index contributed by atoms with van der Waals surface area (Å²) in [5.74, 6) is -0.0754. The molecular weight excluding hydrogens is 265 g/mol. The SMILES string of the molecule is CC(CBr)NC(=O)c1ccc(Cl)cc1. The highest BCUT2D eigenvalue weighted by atomic mass is 79.9. The van der Waals surface area contributed by atoms with Crippen molar-refractivity contribution >= 4 is 33.4 Å². The third-order valence-electron chi connectivity index (χ3n) is 1.72. The second-order valence-electron chi connectivity index (χ2n) is 3.04. The molecular formula is C10H11BrClNO. The first-order valence-corrected chi connectivity index (χ1v) is 5.76. The van der Waals surface area contributed by atoms with E-state index in [1.54, 1.807) is 24.3 Å². The van der Waals surface area contributed by atoms with Gasteiger partial charge in [-0.25, -0.2) is 0 Å². The Balaban J connectivity index is 2.65. The summed E-state index contributed by atoms with van der Waals surface area (Å²) in [4.78, 5) is 11.6. The molecule has 1 rings (SSSR count). The highest BCUT2D eigenvalue weighted by Crippen LogP contribution is 2.09. The van der Waals surface area contributed by atoms with E-state index < -0.39 is 0 Å². The monoisotopic (exact) mass is 275 g/mol. The molecule has 0 aromatic heterocycles. The zero-order chi connectivity index (χ0) is 10.6. The third kappa shape index (κ3) is 3.31. The van der Waals surface area contributed by atoms with Gasteiger partial charge < -0.3 is 5.32 Å². The van der Waals surface area contributed by atoms with Crippen LogP contribution in [0.1, 0.15) is 17.3 Å². The van der Waals surface area contributed by atoms with Gasteiger partial charge in [0, 0.05) is 22.0 Å². The molecule has 0 aliphatic carbocycles. The van der Waals surface area contributed by atoms with Gasteiger partial charge in [-0.05, 0) is 31.2 Å². The molecule has 0 spiro atoms. The lowest BCUT2D eigenvalue weighted by atomic mass is 10.2. The average molecular weight is 277 g/mol. The number of hydrogen-bond donors (Lipinski definition) is 1. The Morgan fingerprint density at radius 3 is 2.57 bits per heavy atom. The van der Waals surface area contributed by atoms with Gasteiger partial charge in [-0.1, -0.05) is 27.5 Å². The lowest BCUT2D eigenvalue weighted by molar-refractivity contribution is 0.0944. The molecule has 0 radical (unpaired) electrons. The summed E-state index contributed by atoms with van der Waals surface area (Å²) in [6.45, 7) is 1.93. The van der Waals surface area contributed by atoms with Gasteiger partial charge in [0.15, 0.2) is 0 Å². The number of benzene rings is 1. The lowest BCUT2D eigenvalue weighted by Crippen LogP contribution is -2.33. The van der Waals surface area contributed by atoms with Crippen molar-refractivity contribution in [3.05, 3.63) is 34.9 Å². The van der Waals surface area contributed by atoms with Crippen molar-refractivity contribution in [3.8, 4) is 0 Å². The summed E-state index contributed by atoms with van der Waals surface area (Å²) in [5.41, 5.74) is 0.627. The molecule has 0 aliphatic heterocycles. The van der Waals surface area contributed by atoms with Crippen LogP contribution in [0.2, 0.25) is 5.02 Å². The van der Waals surface area contributed by atoms with Crippen LogP contribution in [0.5, 0.6) is 0 Å². The highest BCUT2D eigenvalue weighted by Gasteiger charge is 2.07. The molecule has 0 heterocycles. The molecule has 76 valence electrons. The summed E-state index contributed by atoms with van der Waals surface area (Å²) in [6.07, 6.45) is 0. The fourth-order valence-electron chi connectivity index (χ4n) is 0.947. The van der Waals surface area contributed by atoms with Crippen LogP contribution in [0.3, 0.4) is 0 Å². The standard InChI is InChI=1S/C10H11BrClNO/c1-7(6-11)13-10(14)8-2-4-9(12)5-3-8/h2-5,7H,6H2,1H3,(H,13,14). The van der Waals surface area contributed by atoms with Crippen molar-refractivity contribution in [1.82, 2.24) is 5.32 Å². The Kier molecular flexibility index (Phi) is 4.42. The van der Waals surface area contributed by atoms with Crippen molar-refractivity contribution in [2.45, 2.75) is 13.0 Å². The predicted octanol–water partition coefficient (Wildman–Crippen LogP) is 2.85.